The molecule has 0 aromatic heterocycles. The molecule has 0 saturated carbocycles. The van der Waals surface area contributed by atoms with E-state index >= 15 is 0 Å². The van der Waals surface area contributed by atoms with E-state index in [1.807, 2.05) is 31.2 Å². The number of hydrogen-bond acceptors (Lipinski definition) is 6. The zero-order valence-corrected chi connectivity index (χ0v) is 16.1. The van der Waals surface area contributed by atoms with Crippen molar-refractivity contribution < 1.29 is 19.1 Å². The highest BCUT2D eigenvalue weighted by atomic mass is 35.5. The van der Waals surface area contributed by atoms with Crippen molar-refractivity contribution >= 4 is 36.0 Å². The first-order valence-corrected chi connectivity index (χ1v) is 8.98. The molecule has 0 bridgehead atoms. The summed E-state index contributed by atoms with van der Waals surface area (Å²) in [6, 6.07) is 6.72. The Morgan fingerprint density at radius 2 is 2.08 bits per heavy atom. The lowest BCUT2D eigenvalue weighted by Gasteiger charge is -2.48. The van der Waals surface area contributed by atoms with Crippen LogP contribution in [-0.2, 0) is 20.9 Å². The second kappa shape index (κ2) is 8.62. The fourth-order valence-corrected chi connectivity index (χ4v) is 4.06. The van der Waals surface area contributed by atoms with Crippen LogP contribution in [-0.4, -0.2) is 41.1 Å². The Labute approximate surface area is 162 Å². The smallest absolute Gasteiger partial charge is 0.355 e. The number of nitrogens with zero attached hydrogens (tertiary/aromatic N) is 1. The number of carbonyl (C=O) groups excluding carboxylic acids is 2. The Morgan fingerprint density at radius 1 is 1.38 bits per heavy atom. The van der Waals surface area contributed by atoms with E-state index in [1.54, 1.807) is 31.0 Å². The van der Waals surface area contributed by atoms with Gasteiger partial charge in [0.15, 0.2) is 0 Å². The van der Waals surface area contributed by atoms with Crippen LogP contribution in [0.25, 0.3) is 0 Å². The Hall–Kier alpha value is -1.96. The molecular weight excluding hydrogens is 376 g/mol. The van der Waals surface area contributed by atoms with Gasteiger partial charge in [0, 0.05) is 5.75 Å². The van der Waals surface area contributed by atoms with Gasteiger partial charge in [-0.1, -0.05) is 24.3 Å². The van der Waals surface area contributed by atoms with Crippen LogP contribution in [0.4, 0.5) is 0 Å². The fraction of sp³-hybridized carbons (Fsp3) is 0.333. The molecule has 140 valence electrons. The number of halogens is 1. The molecule has 2 heterocycles. The van der Waals surface area contributed by atoms with Crippen LogP contribution < -0.4 is 10.5 Å². The Kier molecular flexibility index (Phi) is 6.75. The van der Waals surface area contributed by atoms with E-state index in [0.29, 0.717) is 11.4 Å². The number of methoxy groups -OCH3 is 1. The van der Waals surface area contributed by atoms with Gasteiger partial charge < -0.3 is 15.2 Å². The largest absolute Gasteiger partial charge is 0.497 e. The molecule has 1 amide bonds. The SMILES string of the molecule is C/C=C/C1=C(C(=O)OCc2ccc(OC)cc2)N2C(=O)C(N)C2SC1.Cl. The van der Waals surface area contributed by atoms with Crippen LogP contribution in [0.15, 0.2) is 47.7 Å². The standard InChI is InChI=1S/C18H20N2O4S.ClH/c1-3-4-12-10-25-17-14(19)16(21)20(17)15(12)18(22)24-9-11-5-7-13(23-2)8-6-11;/h3-8,14,17H,9-10,19H2,1-2H3;1H/b4-3+;. The van der Waals surface area contributed by atoms with Gasteiger partial charge in [-0.25, -0.2) is 4.79 Å². The highest BCUT2D eigenvalue weighted by Gasteiger charge is 2.51. The number of thioether (sulfide) groups is 1. The van der Waals surface area contributed by atoms with E-state index in [-0.39, 0.29) is 30.3 Å². The van der Waals surface area contributed by atoms with Crippen LogP contribution in [0.1, 0.15) is 12.5 Å². The predicted molar refractivity (Wildman–Crippen MR) is 103 cm³/mol. The Morgan fingerprint density at radius 3 is 2.69 bits per heavy atom. The van der Waals surface area contributed by atoms with Crippen LogP contribution in [0.3, 0.4) is 0 Å². The van der Waals surface area contributed by atoms with E-state index in [1.165, 1.54) is 4.90 Å². The van der Waals surface area contributed by atoms with Gasteiger partial charge in [-0.2, -0.15) is 0 Å². The second-order valence-corrected chi connectivity index (χ2v) is 6.84. The maximum atomic E-state index is 12.6. The third-order valence-corrected chi connectivity index (χ3v) is 5.45. The van der Waals surface area contributed by atoms with Gasteiger partial charge in [0.1, 0.15) is 29.5 Å². The van der Waals surface area contributed by atoms with Crippen LogP contribution in [0.5, 0.6) is 5.75 Å². The molecule has 3 rings (SSSR count). The molecule has 2 aliphatic rings. The van der Waals surface area contributed by atoms with Gasteiger partial charge in [-0.05, 0) is 30.2 Å². The molecule has 6 nitrogen and oxygen atoms in total. The van der Waals surface area contributed by atoms with E-state index < -0.39 is 12.0 Å². The van der Waals surface area contributed by atoms with E-state index in [4.69, 9.17) is 15.2 Å². The first-order valence-electron chi connectivity index (χ1n) is 7.93. The first-order chi connectivity index (χ1) is 12.1. The Bertz CT molecular complexity index is 748. The van der Waals surface area contributed by atoms with E-state index in [0.717, 1.165) is 16.9 Å². The predicted octanol–water partition coefficient (Wildman–Crippen LogP) is 2.23. The van der Waals surface area contributed by atoms with Crippen LogP contribution in [0.2, 0.25) is 0 Å². The van der Waals surface area contributed by atoms with Crippen molar-refractivity contribution in [1.82, 2.24) is 4.90 Å². The molecule has 8 heteroatoms. The summed E-state index contributed by atoms with van der Waals surface area (Å²) in [5.41, 5.74) is 7.77. The van der Waals surface area contributed by atoms with Crippen molar-refractivity contribution in [3.8, 4) is 5.75 Å². The quantitative estimate of drug-likeness (QED) is 0.607. The number of esters is 1. The minimum absolute atomic E-state index is 0. The van der Waals surface area contributed by atoms with Gasteiger partial charge in [-0.3, -0.25) is 9.69 Å². The van der Waals surface area contributed by atoms with Gasteiger partial charge in [0.2, 0.25) is 5.91 Å². The zero-order valence-electron chi connectivity index (χ0n) is 14.5. The van der Waals surface area contributed by atoms with E-state index in [2.05, 4.69) is 0 Å². The molecule has 2 aliphatic heterocycles. The van der Waals surface area contributed by atoms with Crippen molar-refractivity contribution in [3.05, 3.63) is 53.3 Å². The van der Waals surface area contributed by atoms with Crippen molar-refractivity contribution in [3.63, 3.8) is 0 Å². The average Bonchev–Trinajstić information content (AvgIpc) is 2.65. The first kappa shape index (κ1) is 20.4. The number of rotatable bonds is 5. The zero-order chi connectivity index (χ0) is 18.0. The number of allylic oxidation sites excluding steroid dienone is 2. The summed E-state index contributed by atoms with van der Waals surface area (Å²) in [7, 11) is 1.59. The maximum Gasteiger partial charge on any atom is 0.355 e. The molecule has 2 N–H and O–H groups in total. The van der Waals surface area contributed by atoms with Crippen LogP contribution in [0, 0.1) is 0 Å². The van der Waals surface area contributed by atoms with Crippen molar-refractivity contribution in [2.75, 3.05) is 12.9 Å². The molecular formula is C18H21ClN2O4S. The van der Waals surface area contributed by atoms with E-state index in [9.17, 15) is 9.59 Å². The summed E-state index contributed by atoms with van der Waals surface area (Å²) < 4.78 is 10.5. The van der Waals surface area contributed by atoms with Crippen molar-refractivity contribution in [2.45, 2.75) is 24.9 Å². The number of β-lactam (4-membered cyclic amide) rings is 1. The molecule has 1 aromatic carbocycles. The lowest BCUT2D eigenvalue weighted by Crippen LogP contribution is -2.68. The number of benzene rings is 1. The topological polar surface area (TPSA) is 81.9 Å². The number of carbonyl (C=O) groups is 2. The van der Waals surface area contributed by atoms with Gasteiger partial charge in [0.05, 0.1) is 7.11 Å². The highest BCUT2D eigenvalue weighted by Crippen LogP contribution is 2.40. The summed E-state index contributed by atoms with van der Waals surface area (Å²) in [4.78, 5) is 26.2. The molecule has 1 saturated heterocycles. The normalized spacial score (nSPS) is 21.8. The minimum Gasteiger partial charge on any atom is -0.497 e. The summed E-state index contributed by atoms with van der Waals surface area (Å²) in [5, 5.41) is -0.190. The number of nitrogens with two attached hydrogens (primary N) is 1. The summed E-state index contributed by atoms with van der Waals surface area (Å²) >= 11 is 1.56. The van der Waals surface area contributed by atoms with Gasteiger partial charge in [-0.15, -0.1) is 24.2 Å². The molecule has 0 aliphatic carbocycles. The average molecular weight is 397 g/mol. The Balaban J connectivity index is 0.00000243. The van der Waals surface area contributed by atoms with Gasteiger partial charge >= 0.3 is 5.97 Å². The molecule has 26 heavy (non-hydrogen) atoms. The lowest BCUT2D eigenvalue weighted by molar-refractivity contribution is -0.151. The minimum atomic E-state index is -0.554. The summed E-state index contributed by atoms with van der Waals surface area (Å²) in [6.07, 6.45) is 3.68. The number of hydrogen-bond donors (Lipinski definition) is 1. The molecule has 2 atom stereocenters. The lowest BCUT2D eigenvalue weighted by atomic mass is 10.0. The molecule has 1 aromatic rings. The summed E-state index contributed by atoms with van der Waals surface area (Å²) in [5.74, 6) is 0.616. The third-order valence-electron chi connectivity index (χ3n) is 4.13. The maximum absolute atomic E-state index is 12.6. The molecule has 1 fully saturated rings. The third kappa shape index (κ3) is 3.75. The number of ether oxygens (including phenoxy) is 2. The summed E-state index contributed by atoms with van der Waals surface area (Å²) in [6.45, 7) is 2.00. The number of amides is 1. The van der Waals surface area contributed by atoms with Crippen LogP contribution >= 0.6 is 24.2 Å². The number of fused-ring (bicyclic) bond motifs is 1. The van der Waals surface area contributed by atoms with Gasteiger partial charge in [0.25, 0.3) is 0 Å². The second-order valence-electron chi connectivity index (χ2n) is 5.73. The fourth-order valence-electron chi connectivity index (χ4n) is 2.80. The molecule has 0 radical (unpaired) electrons. The highest BCUT2D eigenvalue weighted by molar-refractivity contribution is 8.00. The van der Waals surface area contributed by atoms with Crippen molar-refractivity contribution in [2.24, 2.45) is 5.73 Å². The molecule has 2 unspecified atom stereocenters. The molecule has 0 spiro atoms. The monoisotopic (exact) mass is 396 g/mol. The van der Waals surface area contributed by atoms with Crippen molar-refractivity contribution in [1.29, 1.82) is 0 Å².